The van der Waals surface area contributed by atoms with E-state index in [1.807, 2.05) is 13.0 Å². The lowest BCUT2D eigenvalue weighted by Gasteiger charge is -2.25. The van der Waals surface area contributed by atoms with Crippen LogP contribution in [0.25, 0.3) is 0 Å². The van der Waals surface area contributed by atoms with Gasteiger partial charge < -0.3 is 15.5 Å². The van der Waals surface area contributed by atoms with Crippen molar-refractivity contribution in [1.82, 2.24) is 15.3 Å². The summed E-state index contributed by atoms with van der Waals surface area (Å²) in [6.07, 6.45) is 3.94. The molecule has 3 N–H and O–H groups in total. The van der Waals surface area contributed by atoms with Crippen LogP contribution in [0, 0.1) is 24.7 Å². The van der Waals surface area contributed by atoms with E-state index in [2.05, 4.69) is 29.1 Å². The van der Waals surface area contributed by atoms with E-state index in [1.54, 1.807) is 6.20 Å². The van der Waals surface area contributed by atoms with Gasteiger partial charge in [0.1, 0.15) is 5.82 Å². The highest BCUT2D eigenvalue weighted by Gasteiger charge is 2.41. The van der Waals surface area contributed by atoms with Crippen molar-refractivity contribution >= 4 is 0 Å². The predicted octanol–water partition coefficient (Wildman–Crippen LogP) is 1.32. The van der Waals surface area contributed by atoms with Gasteiger partial charge in [-0.25, -0.2) is 9.97 Å². The Balaban J connectivity index is 2.04. The minimum absolute atomic E-state index is 0.0261. The van der Waals surface area contributed by atoms with Gasteiger partial charge in [0, 0.05) is 30.5 Å². The quantitative estimate of drug-likeness (QED) is 0.708. The number of aryl methyl sites for hydroxylation is 1. The molecule has 1 fully saturated rings. The van der Waals surface area contributed by atoms with E-state index in [-0.39, 0.29) is 24.5 Å². The molecule has 0 bridgehead atoms. The number of hydrogen-bond donors (Lipinski definition) is 3. The first-order chi connectivity index (χ1) is 10.5. The topological polar surface area (TPSA) is 78.3 Å². The summed E-state index contributed by atoms with van der Waals surface area (Å²) in [6, 6.07) is 2.17. The number of nitrogens with one attached hydrogen (secondary N) is 1. The highest BCUT2D eigenvalue weighted by Crippen LogP contribution is 2.34. The lowest BCUT2D eigenvalue weighted by atomic mass is 9.88. The molecule has 1 aromatic heterocycles. The first kappa shape index (κ1) is 17.3. The summed E-state index contributed by atoms with van der Waals surface area (Å²) in [7, 11) is 0. The normalized spacial score (nSPS) is 28.5. The fraction of sp³-hybridized carbons (Fsp3) is 0.765. The van der Waals surface area contributed by atoms with Crippen molar-refractivity contribution in [3.63, 3.8) is 0 Å². The number of aliphatic hydroxyl groups excluding tert-OH is 2. The van der Waals surface area contributed by atoms with Crippen LogP contribution in [0.2, 0.25) is 0 Å². The minimum Gasteiger partial charge on any atom is -0.396 e. The maximum atomic E-state index is 10.2. The van der Waals surface area contributed by atoms with E-state index in [0.29, 0.717) is 12.3 Å². The van der Waals surface area contributed by atoms with E-state index in [1.165, 1.54) is 0 Å². The lowest BCUT2D eigenvalue weighted by molar-refractivity contribution is 0.0716. The van der Waals surface area contributed by atoms with Crippen molar-refractivity contribution in [2.75, 3.05) is 13.2 Å². The van der Waals surface area contributed by atoms with Gasteiger partial charge in [-0.2, -0.15) is 0 Å². The third kappa shape index (κ3) is 4.48. The molecule has 1 aromatic rings. The second-order valence-corrected chi connectivity index (χ2v) is 6.86. The van der Waals surface area contributed by atoms with Gasteiger partial charge in [0.2, 0.25) is 0 Å². The first-order valence-electron chi connectivity index (χ1n) is 8.32. The highest BCUT2D eigenvalue weighted by atomic mass is 16.3. The van der Waals surface area contributed by atoms with Crippen LogP contribution in [0.5, 0.6) is 0 Å². The minimum atomic E-state index is -0.436. The maximum Gasteiger partial charge on any atom is 0.125 e. The first-order valence-corrected chi connectivity index (χ1v) is 8.32. The van der Waals surface area contributed by atoms with Gasteiger partial charge in [0.05, 0.1) is 6.10 Å². The summed E-state index contributed by atoms with van der Waals surface area (Å²) in [5, 5.41) is 23.5. The molecular weight excluding hydrogens is 278 g/mol. The molecular formula is C17H29N3O2. The molecule has 1 saturated carbocycles. The van der Waals surface area contributed by atoms with Crippen molar-refractivity contribution < 1.29 is 10.2 Å². The summed E-state index contributed by atoms with van der Waals surface area (Å²) in [5.41, 5.74) is 0.987. The summed E-state index contributed by atoms with van der Waals surface area (Å²) >= 11 is 0. The average molecular weight is 307 g/mol. The number of nitrogens with zero attached hydrogens (tertiary/aromatic N) is 2. The van der Waals surface area contributed by atoms with Gasteiger partial charge in [0.15, 0.2) is 0 Å². The molecule has 0 spiro atoms. The van der Waals surface area contributed by atoms with E-state index >= 15 is 0 Å². The molecule has 0 amide bonds. The summed E-state index contributed by atoms with van der Waals surface area (Å²) < 4.78 is 0. The molecule has 0 unspecified atom stereocenters. The molecule has 2 rings (SSSR count). The smallest absolute Gasteiger partial charge is 0.125 e. The van der Waals surface area contributed by atoms with Crippen molar-refractivity contribution in [2.45, 2.75) is 52.2 Å². The molecule has 0 saturated heterocycles. The summed E-state index contributed by atoms with van der Waals surface area (Å²) in [6.45, 7) is 7.28. The van der Waals surface area contributed by atoms with Gasteiger partial charge in [-0.05, 0) is 50.6 Å². The zero-order valence-corrected chi connectivity index (χ0v) is 13.9. The molecule has 4 atom stereocenters. The Morgan fingerprint density at radius 2 is 2.14 bits per heavy atom. The average Bonchev–Trinajstić information content (AvgIpc) is 2.74. The van der Waals surface area contributed by atoms with Crippen LogP contribution < -0.4 is 5.32 Å². The van der Waals surface area contributed by atoms with Crippen LogP contribution in [0.15, 0.2) is 12.3 Å². The summed E-state index contributed by atoms with van der Waals surface area (Å²) in [5.74, 6) is 1.56. The largest absolute Gasteiger partial charge is 0.396 e. The van der Waals surface area contributed by atoms with E-state index < -0.39 is 6.10 Å². The molecule has 124 valence electrons. The molecule has 1 heterocycles. The van der Waals surface area contributed by atoms with Crippen molar-refractivity contribution in [2.24, 2.45) is 17.8 Å². The monoisotopic (exact) mass is 307 g/mol. The zero-order chi connectivity index (χ0) is 16.1. The van der Waals surface area contributed by atoms with E-state index in [9.17, 15) is 10.2 Å². The fourth-order valence-electron chi connectivity index (χ4n) is 3.40. The van der Waals surface area contributed by atoms with Crippen LogP contribution in [-0.2, 0) is 6.42 Å². The number of aliphatic hydroxyl groups is 2. The van der Waals surface area contributed by atoms with Gasteiger partial charge in [-0.3, -0.25) is 0 Å². The van der Waals surface area contributed by atoms with Crippen molar-refractivity contribution in [3.8, 4) is 0 Å². The summed E-state index contributed by atoms with van der Waals surface area (Å²) in [4.78, 5) is 8.60. The molecule has 0 radical (unpaired) electrons. The van der Waals surface area contributed by atoms with Crippen molar-refractivity contribution in [1.29, 1.82) is 0 Å². The van der Waals surface area contributed by atoms with Crippen LogP contribution >= 0.6 is 0 Å². The number of rotatable bonds is 7. The lowest BCUT2D eigenvalue weighted by Crippen LogP contribution is -2.37. The number of aromatic nitrogens is 2. The van der Waals surface area contributed by atoms with Crippen LogP contribution in [0.3, 0.4) is 0 Å². The Kier molecular flexibility index (Phi) is 6.29. The molecule has 0 aromatic carbocycles. The van der Waals surface area contributed by atoms with E-state index in [4.69, 9.17) is 0 Å². The Morgan fingerprint density at radius 1 is 1.36 bits per heavy atom. The molecule has 1 aliphatic carbocycles. The highest BCUT2D eigenvalue weighted by molar-refractivity contribution is 5.07. The zero-order valence-electron chi connectivity index (χ0n) is 13.9. The maximum absolute atomic E-state index is 10.2. The fourth-order valence-corrected chi connectivity index (χ4v) is 3.40. The van der Waals surface area contributed by atoms with Gasteiger partial charge in [0.25, 0.3) is 0 Å². The Hall–Kier alpha value is -1.04. The van der Waals surface area contributed by atoms with Crippen LogP contribution in [-0.4, -0.2) is 45.5 Å². The molecule has 1 aliphatic rings. The third-order valence-electron chi connectivity index (χ3n) is 4.67. The van der Waals surface area contributed by atoms with Gasteiger partial charge in [-0.15, -0.1) is 0 Å². The third-order valence-corrected chi connectivity index (χ3v) is 4.67. The molecule has 5 heteroatoms. The SMILES string of the molecule is Cc1nccc(C[C@@H]2[C@@H](CO)[C@H](O)C[C@H]2NCCC(C)C)n1. The second kappa shape index (κ2) is 7.99. The van der Waals surface area contributed by atoms with Gasteiger partial charge >= 0.3 is 0 Å². The predicted molar refractivity (Wildman–Crippen MR) is 86.4 cm³/mol. The standard InChI is InChI=1S/C17H29N3O2/c1-11(2)4-6-19-16-9-17(22)15(10-21)14(16)8-13-5-7-18-12(3)20-13/h5,7,11,14-17,19,21-22H,4,6,8-10H2,1-3H3/t14-,15-,16-,17-/m1/s1. The van der Waals surface area contributed by atoms with Crippen molar-refractivity contribution in [3.05, 3.63) is 23.8 Å². The molecule has 0 aliphatic heterocycles. The second-order valence-electron chi connectivity index (χ2n) is 6.86. The Labute approximate surface area is 133 Å². The molecule has 22 heavy (non-hydrogen) atoms. The van der Waals surface area contributed by atoms with Crippen LogP contribution in [0.4, 0.5) is 0 Å². The Bertz CT molecular complexity index is 467. The van der Waals surface area contributed by atoms with E-state index in [0.717, 1.165) is 30.9 Å². The Morgan fingerprint density at radius 3 is 2.77 bits per heavy atom. The van der Waals surface area contributed by atoms with Gasteiger partial charge in [-0.1, -0.05) is 13.8 Å². The number of hydrogen-bond acceptors (Lipinski definition) is 5. The molecule has 5 nitrogen and oxygen atoms in total. The van der Waals surface area contributed by atoms with Crippen LogP contribution in [0.1, 0.15) is 38.2 Å².